The molecule has 0 saturated heterocycles. The summed E-state index contributed by atoms with van der Waals surface area (Å²) in [6.07, 6.45) is 6.04. The first-order valence-corrected chi connectivity index (χ1v) is 5.46. The number of aliphatic hydroxyl groups excluding tert-OH is 1. The summed E-state index contributed by atoms with van der Waals surface area (Å²) in [6, 6.07) is 0. The van der Waals surface area contributed by atoms with Crippen LogP contribution in [-0.2, 0) is 4.74 Å². The van der Waals surface area contributed by atoms with Crippen LogP contribution in [0.4, 0.5) is 4.79 Å². The molecule has 1 amide bonds. The van der Waals surface area contributed by atoms with E-state index in [0.717, 1.165) is 12.8 Å². The fraction of sp³-hybridized carbons (Fsp3) is 0.750. The van der Waals surface area contributed by atoms with Gasteiger partial charge in [0.25, 0.3) is 0 Å². The SMILES string of the molecule is C#CC(O)CCCCNC(=O)OC(C)(C)C. The average molecular weight is 227 g/mol. The predicted molar refractivity (Wildman–Crippen MR) is 62.9 cm³/mol. The Kier molecular flexibility index (Phi) is 6.59. The number of carbonyl (C=O) groups is 1. The van der Waals surface area contributed by atoms with E-state index in [-0.39, 0.29) is 0 Å². The molecule has 0 heterocycles. The van der Waals surface area contributed by atoms with E-state index in [9.17, 15) is 4.79 Å². The van der Waals surface area contributed by atoms with Crippen LogP contribution in [0.1, 0.15) is 40.0 Å². The first-order chi connectivity index (χ1) is 7.35. The number of ether oxygens (including phenoxy) is 1. The molecule has 0 aromatic heterocycles. The van der Waals surface area contributed by atoms with E-state index < -0.39 is 17.8 Å². The van der Waals surface area contributed by atoms with Crippen LogP contribution in [0.3, 0.4) is 0 Å². The Hall–Kier alpha value is -1.21. The molecule has 0 aliphatic carbocycles. The molecule has 0 aromatic rings. The summed E-state index contributed by atoms with van der Waals surface area (Å²) >= 11 is 0. The Morgan fingerprint density at radius 2 is 2.12 bits per heavy atom. The summed E-state index contributed by atoms with van der Waals surface area (Å²) in [6.45, 7) is 5.98. The topological polar surface area (TPSA) is 58.6 Å². The van der Waals surface area contributed by atoms with Crippen LogP contribution in [0.2, 0.25) is 0 Å². The molecule has 16 heavy (non-hydrogen) atoms. The van der Waals surface area contributed by atoms with Gasteiger partial charge in [-0.1, -0.05) is 5.92 Å². The van der Waals surface area contributed by atoms with Crippen molar-refractivity contribution in [2.24, 2.45) is 0 Å². The molecule has 92 valence electrons. The molecular weight excluding hydrogens is 206 g/mol. The molecule has 0 rings (SSSR count). The van der Waals surface area contributed by atoms with Crippen LogP contribution in [0, 0.1) is 12.3 Å². The third-order valence-corrected chi connectivity index (χ3v) is 1.76. The van der Waals surface area contributed by atoms with Crippen molar-refractivity contribution in [3.05, 3.63) is 0 Å². The Balaban J connectivity index is 3.46. The second-order valence-electron chi connectivity index (χ2n) is 4.61. The molecule has 2 N–H and O–H groups in total. The summed E-state index contributed by atoms with van der Waals surface area (Å²) < 4.78 is 5.05. The van der Waals surface area contributed by atoms with Crippen molar-refractivity contribution in [2.45, 2.75) is 51.7 Å². The van der Waals surface area contributed by atoms with Gasteiger partial charge in [-0.3, -0.25) is 0 Å². The van der Waals surface area contributed by atoms with E-state index >= 15 is 0 Å². The van der Waals surface area contributed by atoms with E-state index in [2.05, 4.69) is 11.2 Å². The van der Waals surface area contributed by atoms with Crippen molar-refractivity contribution in [1.29, 1.82) is 0 Å². The van der Waals surface area contributed by atoms with Gasteiger partial charge in [0.2, 0.25) is 0 Å². The number of nitrogens with one attached hydrogen (secondary N) is 1. The van der Waals surface area contributed by atoms with Crippen molar-refractivity contribution in [1.82, 2.24) is 5.32 Å². The first-order valence-electron chi connectivity index (χ1n) is 5.46. The van der Waals surface area contributed by atoms with Crippen molar-refractivity contribution in [2.75, 3.05) is 6.54 Å². The van der Waals surface area contributed by atoms with Gasteiger partial charge in [0.15, 0.2) is 0 Å². The summed E-state index contributed by atoms with van der Waals surface area (Å²) in [5.41, 5.74) is -0.469. The lowest BCUT2D eigenvalue weighted by Gasteiger charge is -2.19. The summed E-state index contributed by atoms with van der Waals surface area (Å²) in [7, 11) is 0. The van der Waals surface area contributed by atoms with E-state index in [4.69, 9.17) is 16.3 Å². The minimum atomic E-state index is -0.679. The van der Waals surface area contributed by atoms with Gasteiger partial charge in [0.1, 0.15) is 11.7 Å². The molecule has 0 aliphatic heterocycles. The third-order valence-electron chi connectivity index (χ3n) is 1.76. The van der Waals surface area contributed by atoms with Crippen LogP contribution in [0.25, 0.3) is 0 Å². The smallest absolute Gasteiger partial charge is 0.407 e. The number of hydrogen-bond donors (Lipinski definition) is 2. The number of aliphatic hydroxyl groups is 1. The number of alkyl carbamates (subject to hydrolysis) is 1. The van der Waals surface area contributed by atoms with Gasteiger partial charge in [0.05, 0.1) is 0 Å². The highest BCUT2D eigenvalue weighted by Gasteiger charge is 2.15. The number of terminal acetylenes is 1. The molecule has 0 aliphatic rings. The fourth-order valence-corrected chi connectivity index (χ4v) is 1.05. The molecule has 0 fully saturated rings. The maximum atomic E-state index is 11.2. The van der Waals surface area contributed by atoms with E-state index in [1.807, 2.05) is 20.8 Å². The highest BCUT2D eigenvalue weighted by molar-refractivity contribution is 5.67. The Morgan fingerprint density at radius 3 is 2.62 bits per heavy atom. The number of rotatable bonds is 5. The number of unbranched alkanes of at least 4 members (excludes halogenated alkanes) is 1. The van der Waals surface area contributed by atoms with Crippen molar-refractivity contribution >= 4 is 6.09 Å². The molecule has 0 bridgehead atoms. The lowest BCUT2D eigenvalue weighted by molar-refractivity contribution is 0.0527. The Morgan fingerprint density at radius 1 is 1.50 bits per heavy atom. The molecule has 0 spiro atoms. The summed E-state index contributed by atoms with van der Waals surface area (Å²) in [4.78, 5) is 11.2. The maximum Gasteiger partial charge on any atom is 0.407 e. The van der Waals surface area contributed by atoms with Crippen molar-refractivity contribution in [3.8, 4) is 12.3 Å². The first kappa shape index (κ1) is 14.8. The third kappa shape index (κ3) is 9.35. The minimum Gasteiger partial charge on any atom is -0.444 e. The predicted octanol–water partition coefficient (Wildman–Crippen LogP) is 1.68. The van der Waals surface area contributed by atoms with Crippen LogP contribution < -0.4 is 5.32 Å². The monoisotopic (exact) mass is 227 g/mol. The zero-order valence-corrected chi connectivity index (χ0v) is 10.2. The molecule has 0 saturated carbocycles. The number of amides is 1. The number of carbonyl (C=O) groups excluding carboxylic acids is 1. The highest BCUT2D eigenvalue weighted by Crippen LogP contribution is 2.06. The zero-order valence-electron chi connectivity index (χ0n) is 10.2. The largest absolute Gasteiger partial charge is 0.444 e. The van der Waals surface area contributed by atoms with E-state index in [1.165, 1.54) is 0 Å². The lowest BCUT2D eigenvalue weighted by atomic mass is 10.1. The summed E-state index contributed by atoms with van der Waals surface area (Å²) in [5.74, 6) is 2.24. The standard InChI is InChI=1S/C12H21NO3/c1-5-10(14)8-6-7-9-13-11(15)16-12(2,3)4/h1,10,14H,6-9H2,2-4H3,(H,13,15). The van der Waals surface area contributed by atoms with Gasteiger partial charge >= 0.3 is 6.09 Å². The highest BCUT2D eigenvalue weighted by atomic mass is 16.6. The molecule has 1 unspecified atom stereocenters. The Bertz CT molecular complexity index is 250. The average Bonchev–Trinajstić information content (AvgIpc) is 2.14. The molecule has 0 aromatic carbocycles. The van der Waals surface area contributed by atoms with Crippen molar-refractivity contribution in [3.63, 3.8) is 0 Å². The summed E-state index contributed by atoms with van der Waals surface area (Å²) in [5, 5.41) is 11.7. The normalized spacial score (nSPS) is 12.7. The van der Waals surface area contributed by atoms with E-state index in [1.54, 1.807) is 0 Å². The molecule has 1 atom stereocenters. The fourth-order valence-electron chi connectivity index (χ4n) is 1.05. The minimum absolute atomic E-state index is 0.412. The van der Waals surface area contributed by atoms with Gasteiger partial charge in [-0.2, -0.15) is 0 Å². The Labute approximate surface area is 97.4 Å². The van der Waals surface area contributed by atoms with Crippen molar-refractivity contribution < 1.29 is 14.6 Å². The van der Waals surface area contributed by atoms with Gasteiger partial charge in [-0.25, -0.2) is 4.79 Å². The molecule has 4 heteroatoms. The quantitative estimate of drug-likeness (QED) is 0.555. The number of hydrogen-bond acceptors (Lipinski definition) is 3. The van der Waals surface area contributed by atoms with Gasteiger partial charge in [-0.05, 0) is 40.0 Å². The second kappa shape index (κ2) is 7.13. The molecule has 0 radical (unpaired) electrons. The molecule has 4 nitrogen and oxygen atoms in total. The van der Waals surface area contributed by atoms with Crippen LogP contribution >= 0.6 is 0 Å². The van der Waals surface area contributed by atoms with E-state index in [0.29, 0.717) is 13.0 Å². The second-order valence-corrected chi connectivity index (χ2v) is 4.61. The maximum absolute atomic E-state index is 11.2. The van der Waals surface area contributed by atoms with Gasteiger partial charge in [0, 0.05) is 6.54 Å². The van der Waals surface area contributed by atoms with Crippen LogP contribution in [-0.4, -0.2) is 29.4 Å². The lowest BCUT2D eigenvalue weighted by Crippen LogP contribution is -2.33. The van der Waals surface area contributed by atoms with Crippen LogP contribution in [0.15, 0.2) is 0 Å². The van der Waals surface area contributed by atoms with Gasteiger partial charge in [-0.15, -0.1) is 6.42 Å². The zero-order chi connectivity index (χ0) is 12.6. The van der Waals surface area contributed by atoms with Crippen LogP contribution in [0.5, 0.6) is 0 Å². The van der Waals surface area contributed by atoms with Gasteiger partial charge < -0.3 is 15.2 Å². The molecular formula is C12H21NO3.